The molecule has 100 valence electrons. The molecule has 1 aromatic rings. The van der Waals surface area contributed by atoms with Crippen LogP contribution in [0.4, 0.5) is 4.39 Å². The smallest absolute Gasteiger partial charge is 0.126 e. The highest BCUT2D eigenvalue weighted by Crippen LogP contribution is 2.20. The van der Waals surface area contributed by atoms with Crippen molar-refractivity contribution in [1.29, 1.82) is 0 Å². The molecule has 0 amide bonds. The van der Waals surface area contributed by atoms with Crippen LogP contribution in [0.25, 0.3) is 0 Å². The Labute approximate surface area is 109 Å². The van der Waals surface area contributed by atoms with Gasteiger partial charge in [0.1, 0.15) is 5.82 Å². The van der Waals surface area contributed by atoms with Crippen LogP contribution < -0.4 is 5.32 Å². The summed E-state index contributed by atoms with van der Waals surface area (Å²) >= 11 is 0. The first-order valence-electron chi connectivity index (χ1n) is 6.86. The van der Waals surface area contributed by atoms with Gasteiger partial charge in [0.25, 0.3) is 0 Å². The Bertz CT molecular complexity index is 386. The standard InChI is InChI=1S/C15H23FN2/c1-12-5-6-13(11-14(12)16)15(17-2)7-10-18-8-3-4-9-18/h5-6,11,15,17H,3-4,7-10H2,1-2H3. The lowest BCUT2D eigenvalue weighted by Gasteiger charge is -2.21. The second kappa shape index (κ2) is 6.30. The minimum Gasteiger partial charge on any atom is -0.313 e. The topological polar surface area (TPSA) is 15.3 Å². The molecule has 0 bridgehead atoms. The van der Waals surface area contributed by atoms with Crippen molar-refractivity contribution >= 4 is 0 Å². The van der Waals surface area contributed by atoms with Gasteiger partial charge in [-0.15, -0.1) is 0 Å². The van der Waals surface area contributed by atoms with E-state index in [9.17, 15) is 4.39 Å². The first kappa shape index (κ1) is 13.5. The summed E-state index contributed by atoms with van der Waals surface area (Å²) < 4.78 is 13.6. The van der Waals surface area contributed by atoms with E-state index in [0.717, 1.165) is 18.5 Å². The highest BCUT2D eigenvalue weighted by molar-refractivity contribution is 5.25. The maximum absolute atomic E-state index is 13.6. The van der Waals surface area contributed by atoms with Gasteiger partial charge in [0.2, 0.25) is 0 Å². The molecule has 0 aromatic heterocycles. The van der Waals surface area contributed by atoms with Crippen LogP contribution in [0.1, 0.15) is 36.4 Å². The lowest BCUT2D eigenvalue weighted by atomic mass is 10.0. The summed E-state index contributed by atoms with van der Waals surface area (Å²) in [6.45, 7) is 5.34. The van der Waals surface area contributed by atoms with Gasteiger partial charge in [0.05, 0.1) is 0 Å². The van der Waals surface area contributed by atoms with E-state index in [1.165, 1.54) is 25.9 Å². The zero-order valence-electron chi connectivity index (χ0n) is 11.4. The van der Waals surface area contributed by atoms with Gasteiger partial charge in [-0.1, -0.05) is 12.1 Å². The maximum Gasteiger partial charge on any atom is 0.126 e. The zero-order valence-corrected chi connectivity index (χ0v) is 11.4. The largest absolute Gasteiger partial charge is 0.313 e. The van der Waals surface area contributed by atoms with Gasteiger partial charge in [0, 0.05) is 6.04 Å². The molecule has 1 unspecified atom stereocenters. The van der Waals surface area contributed by atoms with E-state index < -0.39 is 0 Å². The van der Waals surface area contributed by atoms with Gasteiger partial charge in [-0.3, -0.25) is 0 Å². The minimum absolute atomic E-state index is 0.103. The Balaban J connectivity index is 1.96. The van der Waals surface area contributed by atoms with E-state index in [1.54, 1.807) is 13.0 Å². The first-order chi connectivity index (χ1) is 8.70. The van der Waals surface area contributed by atoms with Crippen molar-refractivity contribution in [3.8, 4) is 0 Å². The molecule has 3 heteroatoms. The molecule has 0 spiro atoms. The Kier molecular flexibility index (Phi) is 4.72. The van der Waals surface area contributed by atoms with Crippen molar-refractivity contribution in [3.63, 3.8) is 0 Å². The van der Waals surface area contributed by atoms with E-state index in [4.69, 9.17) is 0 Å². The van der Waals surface area contributed by atoms with Gasteiger partial charge >= 0.3 is 0 Å². The summed E-state index contributed by atoms with van der Waals surface area (Å²) in [6.07, 6.45) is 3.69. The summed E-state index contributed by atoms with van der Waals surface area (Å²) in [5.74, 6) is -0.103. The fourth-order valence-electron chi connectivity index (χ4n) is 2.62. The number of benzene rings is 1. The number of likely N-dealkylation sites (tertiary alicyclic amines) is 1. The lowest BCUT2D eigenvalue weighted by molar-refractivity contribution is 0.314. The molecule has 1 atom stereocenters. The third-order valence-electron chi connectivity index (χ3n) is 3.88. The Morgan fingerprint density at radius 2 is 2.06 bits per heavy atom. The Morgan fingerprint density at radius 1 is 1.33 bits per heavy atom. The van der Waals surface area contributed by atoms with E-state index in [1.807, 2.05) is 19.2 Å². The minimum atomic E-state index is -0.103. The number of hydrogen-bond acceptors (Lipinski definition) is 2. The average Bonchev–Trinajstić information content (AvgIpc) is 2.87. The molecule has 1 saturated heterocycles. The third-order valence-corrected chi connectivity index (χ3v) is 3.88. The van der Waals surface area contributed by atoms with Crippen molar-refractivity contribution in [1.82, 2.24) is 10.2 Å². The van der Waals surface area contributed by atoms with Crippen LogP contribution in [-0.4, -0.2) is 31.6 Å². The molecule has 2 nitrogen and oxygen atoms in total. The highest BCUT2D eigenvalue weighted by atomic mass is 19.1. The quantitative estimate of drug-likeness (QED) is 0.864. The number of halogens is 1. The normalized spacial score (nSPS) is 18.2. The second-order valence-corrected chi connectivity index (χ2v) is 5.19. The fourth-order valence-corrected chi connectivity index (χ4v) is 2.62. The second-order valence-electron chi connectivity index (χ2n) is 5.19. The maximum atomic E-state index is 13.6. The number of rotatable bonds is 5. The number of hydrogen-bond donors (Lipinski definition) is 1. The van der Waals surface area contributed by atoms with E-state index in [0.29, 0.717) is 5.56 Å². The zero-order chi connectivity index (χ0) is 13.0. The van der Waals surface area contributed by atoms with Crippen LogP contribution in [0.15, 0.2) is 18.2 Å². The summed E-state index contributed by atoms with van der Waals surface area (Å²) in [6, 6.07) is 5.82. The first-order valence-corrected chi connectivity index (χ1v) is 6.86. The van der Waals surface area contributed by atoms with E-state index >= 15 is 0 Å². The van der Waals surface area contributed by atoms with Crippen LogP contribution in [-0.2, 0) is 0 Å². The molecule has 0 saturated carbocycles. The molecule has 0 aliphatic carbocycles. The molecule has 1 N–H and O–H groups in total. The van der Waals surface area contributed by atoms with Crippen LogP contribution >= 0.6 is 0 Å². The lowest BCUT2D eigenvalue weighted by Crippen LogP contribution is -2.26. The Hall–Kier alpha value is -0.930. The number of nitrogens with one attached hydrogen (secondary N) is 1. The highest BCUT2D eigenvalue weighted by Gasteiger charge is 2.15. The molecule has 1 fully saturated rings. The summed E-state index contributed by atoms with van der Waals surface area (Å²) in [7, 11) is 1.95. The molecule has 1 aromatic carbocycles. The molecular formula is C15H23FN2. The van der Waals surface area contributed by atoms with Crippen molar-refractivity contribution in [2.45, 2.75) is 32.2 Å². The average molecular weight is 250 g/mol. The van der Waals surface area contributed by atoms with Gasteiger partial charge < -0.3 is 10.2 Å². The molecule has 1 heterocycles. The van der Waals surface area contributed by atoms with Gasteiger partial charge in [-0.2, -0.15) is 0 Å². The fraction of sp³-hybridized carbons (Fsp3) is 0.600. The summed E-state index contributed by atoms with van der Waals surface area (Å²) in [5, 5.41) is 3.30. The van der Waals surface area contributed by atoms with Gasteiger partial charge in [-0.25, -0.2) is 4.39 Å². The van der Waals surface area contributed by atoms with Crippen LogP contribution in [0.5, 0.6) is 0 Å². The van der Waals surface area contributed by atoms with E-state index in [-0.39, 0.29) is 11.9 Å². The van der Waals surface area contributed by atoms with Crippen LogP contribution in [0, 0.1) is 12.7 Å². The molecular weight excluding hydrogens is 227 g/mol. The van der Waals surface area contributed by atoms with Crippen molar-refractivity contribution in [3.05, 3.63) is 35.1 Å². The van der Waals surface area contributed by atoms with Crippen LogP contribution in [0.2, 0.25) is 0 Å². The van der Waals surface area contributed by atoms with Gasteiger partial charge in [-0.05, 0) is 70.1 Å². The van der Waals surface area contributed by atoms with Crippen molar-refractivity contribution in [2.24, 2.45) is 0 Å². The molecule has 18 heavy (non-hydrogen) atoms. The monoisotopic (exact) mass is 250 g/mol. The van der Waals surface area contributed by atoms with Crippen LogP contribution in [0.3, 0.4) is 0 Å². The molecule has 1 aliphatic heterocycles. The van der Waals surface area contributed by atoms with Crippen molar-refractivity contribution < 1.29 is 4.39 Å². The molecule has 1 aliphatic rings. The Morgan fingerprint density at radius 3 is 2.67 bits per heavy atom. The number of nitrogens with zero attached hydrogens (tertiary/aromatic N) is 1. The predicted octanol–water partition coefficient (Wildman–Crippen LogP) is 2.88. The van der Waals surface area contributed by atoms with E-state index in [2.05, 4.69) is 10.2 Å². The van der Waals surface area contributed by atoms with Crippen molar-refractivity contribution in [2.75, 3.05) is 26.7 Å². The SMILES string of the molecule is CNC(CCN1CCCC1)c1ccc(C)c(F)c1. The third kappa shape index (κ3) is 3.30. The summed E-state index contributed by atoms with van der Waals surface area (Å²) in [5.41, 5.74) is 1.77. The molecule has 0 radical (unpaired) electrons. The predicted molar refractivity (Wildman–Crippen MR) is 73.2 cm³/mol. The summed E-state index contributed by atoms with van der Waals surface area (Å²) in [4.78, 5) is 2.49. The number of aryl methyl sites for hydroxylation is 1. The van der Waals surface area contributed by atoms with Gasteiger partial charge in [0.15, 0.2) is 0 Å². The molecule has 2 rings (SSSR count).